The molecule has 0 fully saturated rings. The topological polar surface area (TPSA) is 68.0 Å². The second-order valence-electron chi connectivity index (χ2n) is 4.71. The molecule has 116 valence electrons. The minimum atomic E-state index is 0. The average Bonchev–Trinajstić information content (AvgIpc) is 3.11. The molecule has 0 aromatic carbocycles. The minimum absolute atomic E-state index is 0. The van der Waals surface area contributed by atoms with Crippen molar-refractivity contribution in [3.05, 3.63) is 53.9 Å². The van der Waals surface area contributed by atoms with Gasteiger partial charge in [0.25, 0.3) is 0 Å². The van der Waals surface area contributed by atoms with Crippen molar-refractivity contribution < 1.29 is 0 Å². The fourth-order valence-electron chi connectivity index (χ4n) is 2.32. The molecule has 0 radical (unpaired) electrons. The van der Waals surface area contributed by atoms with Crippen molar-refractivity contribution in [2.75, 3.05) is 5.32 Å². The van der Waals surface area contributed by atoms with Gasteiger partial charge in [-0.3, -0.25) is 4.40 Å². The third-order valence-corrected chi connectivity index (χ3v) is 3.99. The number of aryl methyl sites for hydroxylation is 1. The summed E-state index contributed by atoms with van der Waals surface area (Å²) in [6.45, 7) is 2.00. The van der Waals surface area contributed by atoms with Crippen molar-refractivity contribution in [1.29, 1.82) is 0 Å². The molecule has 0 amide bonds. The number of hydrogen-bond donors (Lipinski definition) is 1. The Morgan fingerprint density at radius 3 is 2.74 bits per heavy atom. The van der Waals surface area contributed by atoms with Gasteiger partial charge in [-0.1, -0.05) is 6.07 Å². The summed E-state index contributed by atoms with van der Waals surface area (Å²) in [6, 6.07) is 7.73. The van der Waals surface area contributed by atoms with Crippen LogP contribution < -0.4 is 5.32 Å². The van der Waals surface area contributed by atoms with Crippen LogP contribution in [0.5, 0.6) is 0 Å². The summed E-state index contributed by atoms with van der Waals surface area (Å²) in [6.07, 6.45) is 5.38. The van der Waals surface area contributed by atoms with Crippen LogP contribution in [0.1, 0.15) is 5.69 Å². The number of fused-ring (bicyclic) bond motifs is 1. The molecule has 0 bridgehead atoms. The predicted octanol–water partition coefficient (Wildman–Crippen LogP) is 3.88. The van der Waals surface area contributed by atoms with E-state index in [1.165, 1.54) is 11.3 Å². The monoisotopic (exact) mass is 388 g/mol. The number of hydrogen-bond acceptors (Lipinski definition) is 6. The Morgan fingerprint density at radius 2 is 1.91 bits per heavy atom. The molecule has 8 heteroatoms. The Hall–Kier alpha value is -2.32. The summed E-state index contributed by atoms with van der Waals surface area (Å²) in [5.41, 5.74) is 3.77. The van der Waals surface area contributed by atoms with Crippen molar-refractivity contribution in [3.63, 3.8) is 0 Å². The number of halogens is 1. The zero-order valence-electron chi connectivity index (χ0n) is 12.2. The van der Waals surface area contributed by atoms with Gasteiger partial charge < -0.3 is 5.32 Å². The summed E-state index contributed by atoms with van der Waals surface area (Å²) in [4.78, 5) is 17.5. The third kappa shape index (κ3) is 2.95. The molecule has 23 heavy (non-hydrogen) atoms. The van der Waals surface area contributed by atoms with E-state index in [0.717, 1.165) is 27.9 Å². The fourth-order valence-corrected chi connectivity index (χ4v) is 3.01. The van der Waals surface area contributed by atoms with E-state index < -0.39 is 0 Å². The Bertz CT molecular complexity index is 933. The summed E-state index contributed by atoms with van der Waals surface area (Å²) in [7, 11) is 0. The first-order chi connectivity index (χ1) is 10.8. The number of nitrogens with one attached hydrogen (secondary N) is 1. The second kappa shape index (κ2) is 6.43. The number of anilines is 2. The van der Waals surface area contributed by atoms with Gasteiger partial charge in [-0.15, -0.1) is 28.3 Å². The van der Waals surface area contributed by atoms with Gasteiger partial charge in [0.15, 0.2) is 5.13 Å². The lowest BCUT2D eigenvalue weighted by molar-refractivity contribution is 1.15. The normalized spacial score (nSPS) is 10.5. The van der Waals surface area contributed by atoms with E-state index in [1.54, 1.807) is 18.5 Å². The highest BCUT2D eigenvalue weighted by molar-refractivity contribution is 8.93. The predicted molar refractivity (Wildman–Crippen MR) is 96.7 cm³/mol. The summed E-state index contributed by atoms with van der Waals surface area (Å²) in [5.74, 6) is 0.540. The van der Waals surface area contributed by atoms with Crippen molar-refractivity contribution in [2.45, 2.75) is 6.92 Å². The maximum atomic E-state index is 4.63. The highest BCUT2D eigenvalue weighted by Crippen LogP contribution is 2.29. The molecule has 0 unspecified atom stereocenters. The van der Waals surface area contributed by atoms with Crippen LogP contribution in [-0.2, 0) is 0 Å². The lowest BCUT2D eigenvalue weighted by Gasteiger charge is -2.00. The van der Waals surface area contributed by atoms with E-state index in [0.29, 0.717) is 5.95 Å². The zero-order chi connectivity index (χ0) is 14.9. The van der Waals surface area contributed by atoms with Gasteiger partial charge in [0.1, 0.15) is 11.3 Å². The minimum Gasteiger partial charge on any atom is -0.300 e. The first-order valence-corrected chi connectivity index (χ1v) is 7.63. The summed E-state index contributed by atoms with van der Waals surface area (Å²) in [5, 5.41) is 5.87. The van der Waals surface area contributed by atoms with Crippen LogP contribution in [0.15, 0.2) is 48.2 Å². The van der Waals surface area contributed by atoms with Crippen LogP contribution in [0.2, 0.25) is 0 Å². The molecule has 0 saturated carbocycles. The molecule has 4 aromatic rings. The Labute approximate surface area is 147 Å². The first kappa shape index (κ1) is 15.6. The van der Waals surface area contributed by atoms with Crippen LogP contribution >= 0.6 is 28.3 Å². The first-order valence-electron chi connectivity index (χ1n) is 6.75. The molecule has 0 aliphatic rings. The summed E-state index contributed by atoms with van der Waals surface area (Å²) >= 11 is 1.52. The third-order valence-electron chi connectivity index (χ3n) is 3.24. The highest BCUT2D eigenvalue weighted by Gasteiger charge is 2.14. The number of thiazole rings is 1. The van der Waals surface area contributed by atoms with Crippen LogP contribution in [0.4, 0.5) is 11.1 Å². The van der Waals surface area contributed by atoms with E-state index in [-0.39, 0.29) is 17.0 Å². The number of rotatable bonds is 3. The average molecular weight is 389 g/mol. The number of nitrogens with zero attached hydrogens (tertiary/aromatic N) is 5. The lowest BCUT2D eigenvalue weighted by atomic mass is 10.3. The van der Waals surface area contributed by atoms with E-state index in [1.807, 2.05) is 41.1 Å². The van der Waals surface area contributed by atoms with Gasteiger partial charge in [-0.25, -0.2) is 19.9 Å². The van der Waals surface area contributed by atoms with E-state index in [4.69, 9.17) is 0 Å². The molecule has 1 N–H and O–H groups in total. The SMILES string of the molecule is Br.Cc1nc2ccccn2c1-c1csc(Nc2ncccn2)n1. The molecule has 0 aliphatic heterocycles. The molecule has 0 spiro atoms. The zero-order valence-corrected chi connectivity index (χ0v) is 14.7. The van der Waals surface area contributed by atoms with Gasteiger partial charge in [-0.2, -0.15) is 0 Å². The molecule has 0 atom stereocenters. The number of imidazole rings is 1. The molecular formula is C15H13BrN6S. The number of pyridine rings is 1. The van der Waals surface area contributed by atoms with E-state index in [9.17, 15) is 0 Å². The molecule has 4 heterocycles. The van der Waals surface area contributed by atoms with Crippen molar-refractivity contribution in [1.82, 2.24) is 24.3 Å². The van der Waals surface area contributed by atoms with E-state index in [2.05, 4.69) is 25.3 Å². The largest absolute Gasteiger partial charge is 0.300 e. The van der Waals surface area contributed by atoms with Crippen molar-refractivity contribution >= 4 is 45.0 Å². The molecule has 4 rings (SSSR count). The van der Waals surface area contributed by atoms with Crippen LogP contribution in [0.3, 0.4) is 0 Å². The number of aromatic nitrogens is 5. The van der Waals surface area contributed by atoms with E-state index >= 15 is 0 Å². The lowest BCUT2D eigenvalue weighted by Crippen LogP contribution is -1.95. The Balaban J connectivity index is 0.00000156. The van der Waals surface area contributed by atoms with Crippen LogP contribution in [0.25, 0.3) is 17.0 Å². The second-order valence-corrected chi connectivity index (χ2v) is 5.57. The molecule has 0 aliphatic carbocycles. The maximum absolute atomic E-state index is 4.63. The smallest absolute Gasteiger partial charge is 0.228 e. The maximum Gasteiger partial charge on any atom is 0.228 e. The highest BCUT2D eigenvalue weighted by atomic mass is 79.9. The quantitative estimate of drug-likeness (QED) is 0.576. The van der Waals surface area contributed by atoms with Crippen LogP contribution in [-0.4, -0.2) is 24.3 Å². The molecule has 6 nitrogen and oxygen atoms in total. The van der Waals surface area contributed by atoms with Gasteiger partial charge >= 0.3 is 0 Å². The molecular weight excluding hydrogens is 376 g/mol. The standard InChI is InChI=1S/C15H12N6S.BrH/c1-10-13(21-8-3-2-5-12(21)18-10)11-9-22-15(19-11)20-14-16-6-4-7-17-14;/h2-9H,1H3,(H,16,17,19,20);1H. The van der Waals surface area contributed by atoms with Gasteiger partial charge in [0.2, 0.25) is 5.95 Å². The van der Waals surface area contributed by atoms with Gasteiger partial charge in [0.05, 0.1) is 11.4 Å². The molecule has 4 aromatic heterocycles. The Morgan fingerprint density at radius 1 is 1.09 bits per heavy atom. The van der Waals surface area contributed by atoms with Crippen LogP contribution in [0, 0.1) is 6.92 Å². The Kier molecular flexibility index (Phi) is 4.35. The fraction of sp³-hybridized carbons (Fsp3) is 0.0667. The summed E-state index contributed by atoms with van der Waals surface area (Å²) < 4.78 is 2.05. The van der Waals surface area contributed by atoms with Crippen molar-refractivity contribution in [3.8, 4) is 11.4 Å². The van der Waals surface area contributed by atoms with Gasteiger partial charge in [0, 0.05) is 24.0 Å². The van der Waals surface area contributed by atoms with Crippen molar-refractivity contribution in [2.24, 2.45) is 0 Å². The molecule has 0 saturated heterocycles. The van der Waals surface area contributed by atoms with Gasteiger partial charge in [-0.05, 0) is 25.1 Å².